The van der Waals surface area contributed by atoms with Crippen molar-refractivity contribution in [3.63, 3.8) is 0 Å². The number of hydrogen-bond donors (Lipinski definition) is 2. The van der Waals surface area contributed by atoms with Crippen LogP contribution in [0.15, 0.2) is 30.3 Å². The average Bonchev–Trinajstić information content (AvgIpc) is 2.95. The Balaban J connectivity index is 0.00000225. The highest BCUT2D eigenvalue weighted by atomic mass is 35.5. The number of benzene rings is 1. The van der Waals surface area contributed by atoms with E-state index >= 15 is 0 Å². The van der Waals surface area contributed by atoms with Gasteiger partial charge < -0.3 is 15.5 Å². The molecule has 6 heteroatoms. The van der Waals surface area contributed by atoms with E-state index in [9.17, 15) is 9.59 Å². The first-order chi connectivity index (χ1) is 11.7. The molecule has 1 unspecified atom stereocenters. The topological polar surface area (TPSA) is 61.4 Å². The van der Waals surface area contributed by atoms with Gasteiger partial charge >= 0.3 is 0 Å². The number of rotatable bonds is 6. The SMILES string of the molecule is Cl.O=C(CCC1CCNCC1)NC1CCN(Cc2ccccc2)C1=O. The number of amides is 2. The molecule has 2 aliphatic rings. The standard InChI is InChI=1S/C19H27N3O2.ClH/c23-18(7-6-15-8-11-20-12-9-15)21-17-10-13-22(19(17)24)14-16-4-2-1-3-5-16;/h1-5,15,17,20H,6-14H2,(H,21,23);1H. The smallest absolute Gasteiger partial charge is 0.245 e. The molecule has 2 amide bonds. The molecule has 25 heavy (non-hydrogen) atoms. The molecule has 0 spiro atoms. The van der Waals surface area contributed by atoms with Crippen molar-refractivity contribution in [2.45, 2.75) is 44.7 Å². The molecule has 2 aliphatic heterocycles. The maximum Gasteiger partial charge on any atom is 0.245 e. The van der Waals surface area contributed by atoms with E-state index in [1.54, 1.807) is 0 Å². The van der Waals surface area contributed by atoms with Gasteiger partial charge in [-0.1, -0.05) is 30.3 Å². The molecule has 0 saturated carbocycles. The third-order valence-electron chi connectivity index (χ3n) is 5.09. The molecule has 2 fully saturated rings. The second-order valence-corrected chi connectivity index (χ2v) is 6.89. The fourth-order valence-electron chi connectivity index (χ4n) is 3.61. The molecule has 138 valence electrons. The number of piperidine rings is 1. The fraction of sp³-hybridized carbons (Fsp3) is 0.579. The van der Waals surface area contributed by atoms with Gasteiger partial charge in [0.2, 0.25) is 11.8 Å². The quantitative estimate of drug-likeness (QED) is 0.811. The second-order valence-electron chi connectivity index (χ2n) is 6.89. The van der Waals surface area contributed by atoms with Crippen LogP contribution in [-0.2, 0) is 16.1 Å². The summed E-state index contributed by atoms with van der Waals surface area (Å²) in [6.07, 6.45) is 4.49. The van der Waals surface area contributed by atoms with Gasteiger partial charge in [0, 0.05) is 19.5 Å². The van der Waals surface area contributed by atoms with E-state index in [1.165, 1.54) is 0 Å². The van der Waals surface area contributed by atoms with Crippen LogP contribution in [0.3, 0.4) is 0 Å². The normalized spacial score (nSPS) is 21.0. The largest absolute Gasteiger partial charge is 0.344 e. The Bertz CT molecular complexity index is 561. The summed E-state index contributed by atoms with van der Waals surface area (Å²) in [6, 6.07) is 9.65. The molecule has 0 bridgehead atoms. The Labute approximate surface area is 155 Å². The van der Waals surface area contributed by atoms with Crippen molar-refractivity contribution >= 4 is 24.2 Å². The van der Waals surface area contributed by atoms with Crippen LogP contribution < -0.4 is 10.6 Å². The van der Waals surface area contributed by atoms with Gasteiger partial charge in [-0.15, -0.1) is 12.4 Å². The van der Waals surface area contributed by atoms with Gasteiger partial charge in [-0.2, -0.15) is 0 Å². The Hall–Kier alpha value is -1.59. The van der Waals surface area contributed by atoms with Crippen LogP contribution in [0.4, 0.5) is 0 Å². The van der Waals surface area contributed by atoms with Crippen LogP contribution in [0.25, 0.3) is 0 Å². The van der Waals surface area contributed by atoms with E-state index in [-0.39, 0.29) is 30.3 Å². The minimum absolute atomic E-state index is 0. The molecular weight excluding hydrogens is 338 g/mol. The van der Waals surface area contributed by atoms with Crippen LogP contribution in [0, 0.1) is 5.92 Å². The molecule has 0 radical (unpaired) electrons. The van der Waals surface area contributed by atoms with Crippen molar-refractivity contribution in [3.05, 3.63) is 35.9 Å². The molecule has 0 aromatic heterocycles. The highest BCUT2D eigenvalue weighted by molar-refractivity contribution is 5.89. The third kappa shape index (κ3) is 5.72. The lowest BCUT2D eigenvalue weighted by Gasteiger charge is -2.22. The maximum absolute atomic E-state index is 12.5. The molecule has 5 nitrogen and oxygen atoms in total. The molecule has 2 N–H and O–H groups in total. The van der Waals surface area contributed by atoms with Crippen LogP contribution in [-0.4, -0.2) is 42.4 Å². The zero-order valence-electron chi connectivity index (χ0n) is 14.6. The van der Waals surface area contributed by atoms with Crippen molar-refractivity contribution in [3.8, 4) is 0 Å². The summed E-state index contributed by atoms with van der Waals surface area (Å²) in [5.74, 6) is 0.716. The molecule has 2 heterocycles. The minimum atomic E-state index is -0.339. The fourth-order valence-corrected chi connectivity index (χ4v) is 3.61. The summed E-state index contributed by atoms with van der Waals surface area (Å²) in [5, 5.41) is 6.28. The first-order valence-electron chi connectivity index (χ1n) is 9.05. The van der Waals surface area contributed by atoms with E-state index in [4.69, 9.17) is 0 Å². The Kier molecular flexibility index (Phi) is 7.72. The molecule has 0 aliphatic carbocycles. The number of carbonyl (C=O) groups is 2. The van der Waals surface area contributed by atoms with Crippen LogP contribution in [0.5, 0.6) is 0 Å². The molecule has 1 aromatic carbocycles. The first kappa shape index (κ1) is 19.7. The highest BCUT2D eigenvalue weighted by Crippen LogP contribution is 2.19. The number of likely N-dealkylation sites (tertiary alicyclic amines) is 1. The predicted molar refractivity (Wildman–Crippen MR) is 100 cm³/mol. The minimum Gasteiger partial charge on any atom is -0.344 e. The van der Waals surface area contributed by atoms with Crippen molar-refractivity contribution in [2.75, 3.05) is 19.6 Å². The first-order valence-corrected chi connectivity index (χ1v) is 9.05. The van der Waals surface area contributed by atoms with E-state index in [1.807, 2.05) is 35.2 Å². The van der Waals surface area contributed by atoms with Crippen molar-refractivity contribution in [2.24, 2.45) is 5.92 Å². The van der Waals surface area contributed by atoms with Gasteiger partial charge in [0.1, 0.15) is 6.04 Å². The molecular formula is C19H28ClN3O2. The van der Waals surface area contributed by atoms with Crippen molar-refractivity contribution < 1.29 is 9.59 Å². The zero-order valence-corrected chi connectivity index (χ0v) is 15.4. The van der Waals surface area contributed by atoms with Gasteiger partial charge in [0.25, 0.3) is 0 Å². The third-order valence-corrected chi connectivity index (χ3v) is 5.09. The van der Waals surface area contributed by atoms with Crippen LogP contribution >= 0.6 is 12.4 Å². The van der Waals surface area contributed by atoms with E-state index in [0.717, 1.165) is 37.9 Å². The van der Waals surface area contributed by atoms with Crippen molar-refractivity contribution in [1.82, 2.24) is 15.5 Å². The lowest BCUT2D eigenvalue weighted by molar-refractivity contribution is -0.133. The Morgan fingerprint density at radius 3 is 2.60 bits per heavy atom. The summed E-state index contributed by atoms with van der Waals surface area (Å²) in [4.78, 5) is 26.4. The second kappa shape index (κ2) is 9.78. The van der Waals surface area contributed by atoms with Gasteiger partial charge in [0.15, 0.2) is 0 Å². The summed E-state index contributed by atoms with van der Waals surface area (Å²) in [5.41, 5.74) is 1.13. The molecule has 1 aromatic rings. The lowest BCUT2D eigenvalue weighted by Crippen LogP contribution is -2.41. The van der Waals surface area contributed by atoms with E-state index in [2.05, 4.69) is 10.6 Å². The number of nitrogens with zero attached hydrogens (tertiary/aromatic N) is 1. The summed E-state index contributed by atoms with van der Waals surface area (Å²) in [6.45, 7) is 3.46. The van der Waals surface area contributed by atoms with Crippen molar-refractivity contribution in [1.29, 1.82) is 0 Å². The zero-order chi connectivity index (χ0) is 16.8. The number of carbonyl (C=O) groups excluding carboxylic acids is 2. The van der Waals surface area contributed by atoms with E-state index in [0.29, 0.717) is 31.8 Å². The van der Waals surface area contributed by atoms with Crippen LogP contribution in [0.1, 0.15) is 37.7 Å². The number of nitrogens with one attached hydrogen (secondary N) is 2. The summed E-state index contributed by atoms with van der Waals surface area (Å²) in [7, 11) is 0. The Morgan fingerprint density at radius 2 is 1.88 bits per heavy atom. The monoisotopic (exact) mass is 365 g/mol. The average molecular weight is 366 g/mol. The Morgan fingerprint density at radius 1 is 1.16 bits per heavy atom. The number of hydrogen-bond acceptors (Lipinski definition) is 3. The van der Waals surface area contributed by atoms with Gasteiger partial charge in [-0.05, 0) is 50.3 Å². The summed E-state index contributed by atoms with van der Waals surface area (Å²) >= 11 is 0. The highest BCUT2D eigenvalue weighted by Gasteiger charge is 2.32. The number of halogens is 1. The lowest BCUT2D eigenvalue weighted by atomic mass is 9.93. The summed E-state index contributed by atoms with van der Waals surface area (Å²) < 4.78 is 0. The van der Waals surface area contributed by atoms with Crippen LogP contribution in [0.2, 0.25) is 0 Å². The van der Waals surface area contributed by atoms with Gasteiger partial charge in [-0.3, -0.25) is 9.59 Å². The predicted octanol–water partition coefficient (Wildman–Crippen LogP) is 2.11. The molecule has 1 atom stereocenters. The van der Waals surface area contributed by atoms with E-state index < -0.39 is 0 Å². The molecule has 2 saturated heterocycles. The van der Waals surface area contributed by atoms with Gasteiger partial charge in [0.05, 0.1) is 0 Å². The molecule has 3 rings (SSSR count). The maximum atomic E-state index is 12.5. The van der Waals surface area contributed by atoms with Gasteiger partial charge in [-0.25, -0.2) is 0 Å².